The lowest BCUT2D eigenvalue weighted by Gasteiger charge is -2.29. The van der Waals surface area contributed by atoms with Crippen molar-refractivity contribution in [2.75, 3.05) is 0 Å². The van der Waals surface area contributed by atoms with Crippen LogP contribution in [0, 0.1) is 5.92 Å². The molecule has 0 bridgehead atoms. The number of hydrogen-bond acceptors (Lipinski definition) is 1. The van der Waals surface area contributed by atoms with E-state index in [1.54, 1.807) is 0 Å². The summed E-state index contributed by atoms with van der Waals surface area (Å²) in [6.45, 7) is 14.7. The summed E-state index contributed by atoms with van der Waals surface area (Å²) in [5.74, 6) is 0.597. The van der Waals surface area contributed by atoms with Crippen molar-refractivity contribution in [1.29, 1.82) is 0 Å². The average molecular weight is 212 g/mol. The van der Waals surface area contributed by atoms with Crippen LogP contribution in [0.2, 0.25) is 19.6 Å². The zero-order valence-corrected chi connectivity index (χ0v) is 11.3. The first-order valence-corrected chi connectivity index (χ1v) is 8.79. The van der Waals surface area contributed by atoms with Crippen molar-refractivity contribution in [2.24, 2.45) is 5.92 Å². The van der Waals surface area contributed by atoms with E-state index in [2.05, 4.69) is 45.8 Å². The van der Waals surface area contributed by atoms with Crippen LogP contribution in [-0.2, 0) is 4.43 Å². The minimum atomic E-state index is -1.39. The number of allylic oxidation sites excluding steroid dienone is 1. The first kappa shape index (κ1) is 13.7. The third kappa shape index (κ3) is 7.13. The quantitative estimate of drug-likeness (QED) is 0.478. The van der Waals surface area contributed by atoms with Crippen molar-refractivity contribution in [1.82, 2.24) is 0 Å². The van der Waals surface area contributed by atoms with Crippen molar-refractivity contribution >= 4 is 8.32 Å². The van der Waals surface area contributed by atoms with Gasteiger partial charge in [-0.2, -0.15) is 0 Å². The van der Waals surface area contributed by atoms with Gasteiger partial charge in [-0.05, 0) is 44.5 Å². The second-order valence-corrected chi connectivity index (χ2v) is 9.46. The highest BCUT2D eigenvalue weighted by Crippen LogP contribution is 2.18. The Morgan fingerprint density at radius 2 is 1.93 bits per heavy atom. The molecule has 0 unspecified atom stereocenters. The Balaban J connectivity index is 4.09. The van der Waals surface area contributed by atoms with Gasteiger partial charge in [0.2, 0.25) is 0 Å². The van der Waals surface area contributed by atoms with E-state index in [-0.39, 0.29) is 0 Å². The Labute approximate surface area is 90.0 Å². The van der Waals surface area contributed by atoms with E-state index in [1.165, 1.54) is 0 Å². The molecule has 0 aromatic rings. The summed E-state index contributed by atoms with van der Waals surface area (Å²) in [5.41, 5.74) is 2.81. The lowest BCUT2D eigenvalue weighted by Crippen LogP contribution is -2.34. The highest BCUT2D eigenvalue weighted by atomic mass is 28.4. The van der Waals surface area contributed by atoms with Gasteiger partial charge in [0.1, 0.15) is 0 Å². The molecule has 0 radical (unpaired) electrons. The van der Waals surface area contributed by atoms with E-state index >= 15 is 0 Å². The van der Waals surface area contributed by atoms with Crippen molar-refractivity contribution in [3.63, 3.8) is 0 Å². The Hall–Kier alpha value is -0.303. The fraction of sp³-hybridized carbons (Fsp3) is 0.750. The predicted octanol–water partition coefficient (Wildman–Crippen LogP) is 3.98. The molecule has 14 heavy (non-hydrogen) atoms. The smallest absolute Gasteiger partial charge is 0.184 e. The molecule has 0 saturated carbocycles. The Morgan fingerprint density at radius 3 is 2.29 bits per heavy atom. The standard InChI is InChI=1S/C12H24OSi/c1-7-8-9-10-12(11(2)3)13-14(4,5)6/h8,11-12H,1,9-10H2,2-6H3/t12-/m1/s1. The van der Waals surface area contributed by atoms with Gasteiger partial charge in [0.15, 0.2) is 8.32 Å². The maximum absolute atomic E-state index is 6.12. The molecule has 0 amide bonds. The van der Waals surface area contributed by atoms with Crippen LogP contribution in [0.4, 0.5) is 0 Å². The second-order valence-electron chi connectivity index (χ2n) is 5.00. The van der Waals surface area contributed by atoms with Crippen LogP contribution in [0.15, 0.2) is 18.4 Å². The molecule has 0 spiro atoms. The Bertz CT molecular complexity index is 197. The Morgan fingerprint density at radius 1 is 1.36 bits per heavy atom. The summed E-state index contributed by atoms with van der Waals surface area (Å²) in [4.78, 5) is 0. The fourth-order valence-electron chi connectivity index (χ4n) is 1.33. The average Bonchev–Trinajstić information content (AvgIpc) is 2.00. The lowest BCUT2D eigenvalue weighted by atomic mass is 10.0. The third-order valence-electron chi connectivity index (χ3n) is 1.99. The van der Waals surface area contributed by atoms with Crippen molar-refractivity contribution in [2.45, 2.75) is 52.4 Å². The van der Waals surface area contributed by atoms with Gasteiger partial charge in [0.25, 0.3) is 0 Å². The van der Waals surface area contributed by atoms with Gasteiger partial charge in [0, 0.05) is 6.10 Å². The van der Waals surface area contributed by atoms with Crippen LogP contribution in [0.25, 0.3) is 0 Å². The predicted molar refractivity (Wildman–Crippen MR) is 66.0 cm³/mol. The number of hydrogen-bond donors (Lipinski definition) is 0. The molecule has 0 fully saturated rings. The molecule has 0 aromatic carbocycles. The largest absolute Gasteiger partial charge is 0.414 e. The molecular formula is C12H24OSi. The minimum Gasteiger partial charge on any atom is -0.414 e. The number of rotatable bonds is 6. The van der Waals surface area contributed by atoms with Crippen LogP contribution < -0.4 is 0 Å². The molecule has 1 nitrogen and oxygen atoms in total. The summed E-state index contributed by atoms with van der Waals surface area (Å²) in [7, 11) is -1.39. The zero-order chi connectivity index (χ0) is 11.2. The molecule has 0 heterocycles. The molecule has 0 saturated heterocycles. The van der Waals surface area contributed by atoms with E-state index < -0.39 is 8.32 Å². The van der Waals surface area contributed by atoms with E-state index in [0.717, 1.165) is 12.8 Å². The van der Waals surface area contributed by atoms with Gasteiger partial charge in [-0.1, -0.05) is 20.4 Å². The highest BCUT2D eigenvalue weighted by molar-refractivity contribution is 6.69. The highest BCUT2D eigenvalue weighted by Gasteiger charge is 2.22. The van der Waals surface area contributed by atoms with Gasteiger partial charge >= 0.3 is 0 Å². The van der Waals surface area contributed by atoms with Crippen LogP contribution in [0.3, 0.4) is 0 Å². The minimum absolute atomic E-state index is 0.395. The summed E-state index contributed by atoms with van der Waals surface area (Å²) in [6, 6.07) is 0. The Kier molecular flexibility index (Phi) is 6.10. The molecule has 0 aliphatic rings. The molecule has 0 N–H and O–H groups in total. The van der Waals surface area contributed by atoms with E-state index in [4.69, 9.17) is 4.43 Å². The molecule has 1 atom stereocenters. The molecule has 0 aliphatic carbocycles. The van der Waals surface area contributed by atoms with Crippen molar-refractivity contribution in [3.8, 4) is 0 Å². The monoisotopic (exact) mass is 212 g/mol. The van der Waals surface area contributed by atoms with Gasteiger partial charge in [0.05, 0.1) is 0 Å². The summed E-state index contributed by atoms with van der Waals surface area (Å²) in [5, 5.41) is 0. The summed E-state index contributed by atoms with van der Waals surface area (Å²) in [6.07, 6.45) is 4.50. The van der Waals surface area contributed by atoms with Crippen LogP contribution in [0.5, 0.6) is 0 Å². The fourth-order valence-corrected chi connectivity index (χ4v) is 2.63. The molecule has 2 heteroatoms. The first-order chi connectivity index (χ1) is 6.37. The van der Waals surface area contributed by atoms with Crippen LogP contribution >= 0.6 is 0 Å². The maximum Gasteiger partial charge on any atom is 0.184 e. The SMILES string of the molecule is C=C=CCC[C@@H](O[Si](C)(C)C)C(C)C. The van der Waals surface area contributed by atoms with Gasteiger partial charge in [-0.15, -0.1) is 5.73 Å². The van der Waals surface area contributed by atoms with Crippen LogP contribution in [0.1, 0.15) is 26.7 Å². The van der Waals surface area contributed by atoms with Crippen molar-refractivity contribution < 1.29 is 4.43 Å². The normalized spacial score (nSPS) is 13.9. The van der Waals surface area contributed by atoms with E-state index in [1.807, 2.05) is 6.08 Å². The van der Waals surface area contributed by atoms with Crippen LogP contribution in [-0.4, -0.2) is 14.4 Å². The van der Waals surface area contributed by atoms with Gasteiger partial charge in [-0.25, -0.2) is 0 Å². The molecule has 0 rings (SSSR count). The van der Waals surface area contributed by atoms with E-state index in [0.29, 0.717) is 12.0 Å². The lowest BCUT2D eigenvalue weighted by molar-refractivity contribution is 0.135. The summed E-state index contributed by atoms with van der Waals surface area (Å²) >= 11 is 0. The maximum atomic E-state index is 6.12. The first-order valence-electron chi connectivity index (χ1n) is 5.39. The van der Waals surface area contributed by atoms with Gasteiger partial charge < -0.3 is 4.43 Å². The second kappa shape index (κ2) is 6.23. The zero-order valence-electron chi connectivity index (χ0n) is 10.3. The summed E-state index contributed by atoms with van der Waals surface area (Å²) < 4.78 is 6.12. The van der Waals surface area contributed by atoms with Crippen molar-refractivity contribution in [3.05, 3.63) is 18.4 Å². The molecule has 0 aromatic heterocycles. The molecule has 82 valence electrons. The van der Waals surface area contributed by atoms with Gasteiger partial charge in [-0.3, -0.25) is 0 Å². The topological polar surface area (TPSA) is 9.23 Å². The third-order valence-corrected chi connectivity index (χ3v) is 3.00. The van der Waals surface area contributed by atoms with E-state index in [9.17, 15) is 0 Å². The molecular weight excluding hydrogens is 188 g/mol. The molecule has 0 aliphatic heterocycles.